The molecule has 0 bridgehead atoms. The molecule has 0 aromatic rings. The largest absolute Gasteiger partial charge is 0.443 e. The number of esters is 1. The molecule has 0 aliphatic heterocycles. The molecule has 0 saturated carbocycles. The van der Waals surface area contributed by atoms with Gasteiger partial charge in [0.2, 0.25) is 5.44 Å². The van der Waals surface area contributed by atoms with Gasteiger partial charge >= 0.3 is 16.1 Å². The minimum Gasteiger partial charge on any atom is -0.443 e. The highest BCUT2D eigenvalue weighted by Crippen LogP contribution is 2.16. The third-order valence-corrected chi connectivity index (χ3v) is 6.30. The lowest BCUT2D eigenvalue weighted by atomic mass is 9.99. The van der Waals surface area contributed by atoms with E-state index in [0.717, 1.165) is 18.8 Å². The fourth-order valence-corrected chi connectivity index (χ4v) is 3.77. The average Bonchev–Trinajstić information content (AvgIpc) is 2.62. The van der Waals surface area contributed by atoms with Gasteiger partial charge in [0.1, 0.15) is 0 Å². The Kier molecular flexibility index (Phi) is 16.0. The smallest absolute Gasteiger partial charge is 0.307 e. The molecule has 2 unspecified atom stereocenters. The van der Waals surface area contributed by atoms with Crippen LogP contribution in [0.5, 0.6) is 0 Å². The van der Waals surface area contributed by atoms with Crippen LogP contribution in [0.4, 0.5) is 0 Å². The van der Waals surface area contributed by atoms with Gasteiger partial charge in [-0.15, -0.1) is 0 Å². The second kappa shape index (κ2) is 16.3. The maximum atomic E-state index is 11.6. The molecule has 0 saturated heterocycles. The zero-order valence-electron chi connectivity index (χ0n) is 17.7. The summed E-state index contributed by atoms with van der Waals surface area (Å²) in [6.07, 6.45) is 16.2. The van der Waals surface area contributed by atoms with Crippen LogP contribution in [0, 0.1) is 5.92 Å². The molecule has 0 amide bonds. The van der Waals surface area contributed by atoms with Crippen molar-refractivity contribution in [2.45, 2.75) is 123 Å². The van der Waals surface area contributed by atoms with Gasteiger partial charge in [0, 0.05) is 6.42 Å². The van der Waals surface area contributed by atoms with Gasteiger partial charge in [-0.2, -0.15) is 8.42 Å². The molecular weight excluding hydrogens is 364 g/mol. The quantitative estimate of drug-likeness (QED) is 0.165. The summed E-state index contributed by atoms with van der Waals surface area (Å²) < 4.78 is 35.7. The molecule has 1 N–H and O–H groups in total. The lowest BCUT2D eigenvalue weighted by Crippen LogP contribution is -2.26. The van der Waals surface area contributed by atoms with Crippen molar-refractivity contribution in [2.75, 3.05) is 0 Å². The van der Waals surface area contributed by atoms with Gasteiger partial charge in [0.15, 0.2) is 0 Å². The summed E-state index contributed by atoms with van der Waals surface area (Å²) in [4.78, 5) is 11.6. The third-order valence-electron chi connectivity index (χ3n) is 5.20. The summed E-state index contributed by atoms with van der Waals surface area (Å²) in [6, 6.07) is 0. The molecule has 27 heavy (non-hydrogen) atoms. The minimum absolute atomic E-state index is 0.0580. The van der Waals surface area contributed by atoms with E-state index < -0.39 is 21.5 Å². The van der Waals surface area contributed by atoms with Crippen LogP contribution < -0.4 is 0 Å². The van der Waals surface area contributed by atoms with E-state index in [2.05, 4.69) is 13.8 Å². The summed E-state index contributed by atoms with van der Waals surface area (Å²) >= 11 is 0. The van der Waals surface area contributed by atoms with E-state index in [9.17, 15) is 13.2 Å². The van der Waals surface area contributed by atoms with E-state index in [4.69, 9.17) is 9.29 Å². The van der Waals surface area contributed by atoms with Gasteiger partial charge < -0.3 is 4.74 Å². The van der Waals surface area contributed by atoms with E-state index in [1.54, 1.807) is 6.92 Å². The van der Waals surface area contributed by atoms with Gasteiger partial charge in [0.25, 0.3) is 0 Å². The molecule has 6 heteroatoms. The first-order valence-corrected chi connectivity index (χ1v) is 12.5. The number of hydrogen-bond acceptors (Lipinski definition) is 4. The number of unbranched alkanes of at least 4 members (excludes halogenated alkanes) is 10. The van der Waals surface area contributed by atoms with Crippen LogP contribution in [-0.2, 0) is 19.6 Å². The molecule has 0 aromatic carbocycles. The molecule has 0 aromatic heterocycles. The molecular formula is C21H42O5S. The average molecular weight is 407 g/mol. The summed E-state index contributed by atoms with van der Waals surface area (Å²) in [5.74, 6) is 0.329. The summed E-state index contributed by atoms with van der Waals surface area (Å²) in [7, 11) is -4.31. The maximum absolute atomic E-state index is 11.6. The number of rotatable bonds is 18. The van der Waals surface area contributed by atoms with Crippen molar-refractivity contribution in [2.24, 2.45) is 5.92 Å². The van der Waals surface area contributed by atoms with Gasteiger partial charge in [-0.3, -0.25) is 9.35 Å². The van der Waals surface area contributed by atoms with Crippen molar-refractivity contribution in [3.05, 3.63) is 0 Å². The second-order valence-corrected chi connectivity index (χ2v) is 9.34. The zero-order chi connectivity index (χ0) is 20.5. The first-order valence-electron chi connectivity index (χ1n) is 11.0. The Balaban J connectivity index is 3.41. The Morgan fingerprint density at radius 2 is 1.26 bits per heavy atom. The Bertz CT molecular complexity index is 461. The lowest BCUT2D eigenvalue weighted by Gasteiger charge is -2.12. The van der Waals surface area contributed by atoms with Crippen LogP contribution in [0.15, 0.2) is 0 Å². The highest BCUT2D eigenvalue weighted by atomic mass is 32.2. The third kappa shape index (κ3) is 16.1. The monoisotopic (exact) mass is 406 g/mol. The molecule has 0 rings (SSSR count). The highest BCUT2D eigenvalue weighted by molar-refractivity contribution is 7.86. The zero-order valence-corrected chi connectivity index (χ0v) is 18.6. The SMILES string of the molecule is CCC(C)CCCCCCCCCCCCCC(=O)OC(CC)S(=O)(=O)O. The van der Waals surface area contributed by atoms with Crippen molar-refractivity contribution in [3.8, 4) is 0 Å². The van der Waals surface area contributed by atoms with E-state index in [1.165, 1.54) is 64.2 Å². The van der Waals surface area contributed by atoms with Crippen LogP contribution >= 0.6 is 0 Å². The van der Waals surface area contributed by atoms with Crippen LogP contribution in [-0.4, -0.2) is 24.4 Å². The van der Waals surface area contributed by atoms with Crippen LogP contribution in [0.3, 0.4) is 0 Å². The Hall–Kier alpha value is -0.620. The Morgan fingerprint density at radius 3 is 1.67 bits per heavy atom. The lowest BCUT2D eigenvalue weighted by molar-refractivity contribution is -0.146. The topological polar surface area (TPSA) is 80.7 Å². The number of carbonyl (C=O) groups excluding carboxylic acids is 1. The molecule has 5 nitrogen and oxygen atoms in total. The molecule has 0 aliphatic rings. The molecule has 0 aliphatic carbocycles. The molecule has 0 heterocycles. The second-order valence-electron chi connectivity index (χ2n) is 7.78. The van der Waals surface area contributed by atoms with E-state index in [0.29, 0.717) is 6.42 Å². The summed E-state index contributed by atoms with van der Waals surface area (Å²) in [6.45, 7) is 6.16. The van der Waals surface area contributed by atoms with Crippen molar-refractivity contribution in [1.82, 2.24) is 0 Å². The minimum atomic E-state index is -4.31. The van der Waals surface area contributed by atoms with Crippen LogP contribution in [0.25, 0.3) is 0 Å². The standard InChI is InChI=1S/C21H42O5S/c1-4-19(3)17-15-13-11-9-7-6-8-10-12-14-16-18-20(22)26-21(5-2)27(23,24)25/h19,21H,4-18H2,1-3H3,(H,23,24,25). The summed E-state index contributed by atoms with van der Waals surface area (Å²) in [5, 5.41) is 0. The van der Waals surface area contributed by atoms with Crippen molar-refractivity contribution in [3.63, 3.8) is 0 Å². The predicted octanol–water partition coefficient (Wildman–Crippen LogP) is 6.27. The van der Waals surface area contributed by atoms with Gasteiger partial charge in [-0.05, 0) is 18.8 Å². The number of ether oxygens (including phenoxy) is 1. The van der Waals surface area contributed by atoms with Crippen molar-refractivity contribution in [1.29, 1.82) is 0 Å². The first-order chi connectivity index (χ1) is 12.8. The number of hydrogen-bond donors (Lipinski definition) is 1. The van der Waals surface area contributed by atoms with Gasteiger partial charge in [-0.25, -0.2) is 0 Å². The molecule has 162 valence electrons. The Morgan fingerprint density at radius 1 is 0.815 bits per heavy atom. The molecule has 0 radical (unpaired) electrons. The maximum Gasteiger partial charge on any atom is 0.307 e. The normalized spacial score (nSPS) is 14.1. The molecule has 0 spiro atoms. The molecule has 2 atom stereocenters. The molecule has 0 fully saturated rings. The fourth-order valence-electron chi connectivity index (χ4n) is 3.12. The van der Waals surface area contributed by atoms with Crippen LogP contribution in [0.1, 0.15) is 117 Å². The van der Waals surface area contributed by atoms with E-state index in [1.807, 2.05) is 0 Å². The fraction of sp³-hybridized carbons (Fsp3) is 0.952. The van der Waals surface area contributed by atoms with E-state index in [-0.39, 0.29) is 12.8 Å². The highest BCUT2D eigenvalue weighted by Gasteiger charge is 2.24. The van der Waals surface area contributed by atoms with Gasteiger partial charge in [-0.1, -0.05) is 97.8 Å². The first kappa shape index (κ1) is 26.4. The van der Waals surface area contributed by atoms with Gasteiger partial charge in [0.05, 0.1) is 0 Å². The van der Waals surface area contributed by atoms with Crippen molar-refractivity contribution >= 4 is 16.1 Å². The van der Waals surface area contributed by atoms with E-state index >= 15 is 0 Å². The van der Waals surface area contributed by atoms with Crippen LogP contribution in [0.2, 0.25) is 0 Å². The summed E-state index contributed by atoms with van der Waals surface area (Å²) in [5.41, 5.74) is -1.43. The number of carbonyl (C=O) groups is 1. The predicted molar refractivity (Wildman–Crippen MR) is 111 cm³/mol. The van der Waals surface area contributed by atoms with Crippen molar-refractivity contribution < 1.29 is 22.5 Å². The Labute approximate surface area is 167 Å².